The third kappa shape index (κ3) is 4.25. The average Bonchev–Trinajstić information content (AvgIpc) is 3.41. The van der Waals surface area contributed by atoms with Crippen molar-refractivity contribution in [3.63, 3.8) is 0 Å². The van der Waals surface area contributed by atoms with E-state index < -0.39 is 0 Å². The summed E-state index contributed by atoms with van der Waals surface area (Å²) in [6.45, 7) is 4.38. The van der Waals surface area contributed by atoms with E-state index >= 15 is 0 Å². The van der Waals surface area contributed by atoms with Gasteiger partial charge in [-0.05, 0) is 30.5 Å². The van der Waals surface area contributed by atoms with E-state index in [9.17, 15) is 4.79 Å². The van der Waals surface area contributed by atoms with Crippen LogP contribution in [0, 0.1) is 0 Å². The maximum Gasteiger partial charge on any atom is 0.251 e. The van der Waals surface area contributed by atoms with Crippen molar-refractivity contribution in [2.24, 2.45) is 0 Å². The second kappa shape index (κ2) is 9.30. The maximum absolute atomic E-state index is 13.0. The van der Waals surface area contributed by atoms with Crippen molar-refractivity contribution in [1.82, 2.24) is 5.32 Å². The van der Waals surface area contributed by atoms with Gasteiger partial charge in [-0.15, -0.1) is 11.3 Å². The molecule has 0 bridgehead atoms. The minimum Gasteiger partial charge on any atom is -0.493 e. The van der Waals surface area contributed by atoms with Crippen molar-refractivity contribution in [2.75, 3.05) is 34.4 Å². The van der Waals surface area contributed by atoms with Gasteiger partial charge in [0.1, 0.15) is 6.04 Å². The van der Waals surface area contributed by atoms with Crippen LogP contribution in [0.4, 0.5) is 0 Å². The minimum atomic E-state index is -0.146. The standard InChI is InChI=1S/C21H28N2O4S/c1-14(19(18-8-7-11-28-18)23-9-5-6-10-23)22-21(24)15-12-16(25-2)20(27-4)17(13-15)26-3/h7-8,11-14,19H,5-6,9-10H2,1-4H3,(H,22,24)/p+1/t14-,19-/m1/s1. The van der Waals surface area contributed by atoms with Gasteiger partial charge in [-0.2, -0.15) is 0 Å². The second-order valence-corrected chi connectivity index (χ2v) is 8.01. The highest BCUT2D eigenvalue weighted by molar-refractivity contribution is 7.10. The fourth-order valence-corrected chi connectivity index (χ4v) is 4.98. The Morgan fingerprint density at radius 2 is 1.75 bits per heavy atom. The minimum absolute atomic E-state index is 0.00154. The number of hydrogen-bond acceptors (Lipinski definition) is 5. The number of rotatable bonds is 8. The summed E-state index contributed by atoms with van der Waals surface area (Å²) in [6, 6.07) is 7.88. The van der Waals surface area contributed by atoms with Gasteiger partial charge in [0.05, 0.1) is 45.3 Å². The summed E-state index contributed by atoms with van der Waals surface area (Å²) in [5.41, 5.74) is 0.489. The molecule has 1 aliphatic rings. The van der Waals surface area contributed by atoms with Gasteiger partial charge in [-0.1, -0.05) is 6.07 Å². The van der Waals surface area contributed by atoms with E-state index in [-0.39, 0.29) is 18.0 Å². The molecule has 2 atom stereocenters. The number of quaternary nitrogens is 1. The predicted molar refractivity (Wildman–Crippen MR) is 110 cm³/mol. The number of hydrogen-bond donors (Lipinski definition) is 2. The van der Waals surface area contributed by atoms with Gasteiger partial charge in [0.2, 0.25) is 5.75 Å². The third-order valence-electron chi connectivity index (χ3n) is 5.32. The van der Waals surface area contributed by atoms with Crippen molar-refractivity contribution in [2.45, 2.75) is 31.8 Å². The lowest BCUT2D eigenvalue weighted by Gasteiger charge is -2.29. The third-order valence-corrected chi connectivity index (χ3v) is 6.28. The SMILES string of the molecule is COc1cc(C(=O)N[C@H](C)[C@H](c2cccs2)[NH+]2CCCC2)cc(OC)c1OC. The number of carbonyl (C=O) groups excluding carboxylic acids is 1. The zero-order valence-electron chi connectivity index (χ0n) is 16.9. The Bertz CT molecular complexity index is 763. The van der Waals surface area contributed by atoms with Gasteiger partial charge in [0, 0.05) is 18.4 Å². The van der Waals surface area contributed by atoms with E-state index in [0.717, 1.165) is 13.1 Å². The van der Waals surface area contributed by atoms with E-state index in [2.05, 4.69) is 29.8 Å². The van der Waals surface area contributed by atoms with Crippen LogP contribution in [0.25, 0.3) is 0 Å². The lowest BCUT2D eigenvalue weighted by Crippen LogP contribution is -3.11. The summed E-state index contributed by atoms with van der Waals surface area (Å²) in [5, 5.41) is 5.30. The van der Waals surface area contributed by atoms with Crippen LogP contribution in [-0.4, -0.2) is 46.4 Å². The van der Waals surface area contributed by atoms with Crippen LogP contribution >= 0.6 is 11.3 Å². The van der Waals surface area contributed by atoms with Crippen molar-refractivity contribution >= 4 is 17.2 Å². The van der Waals surface area contributed by atoms with E-state index in [1.165, 1.54) is 17.7 Å². The number of thiophene rings is 1. The first-order valence-electron chi connectivity index (χ1n) is 9.57. The van der Waals surface area contributed by atoms with Gasteiger partial charge in [-0.3, -0.25) is 4.79 Å². The highest BCUT2D eigenvalue weighted by Crippen LogP contribution is 2.38. The molecule has 0 radical (unpaired) electrons. The van der Waals surface area contributed by atoms with Crippen molar-refractivity contribution < 1.29 is 23.9 Å². The molecular formula is C21H29N2O4S+. The number of ether oxygens (including phenoxy) is 3. The second-order valence-electron chi connectivity index (χ2n) is 7.03. The van der Waals surface area contributed by atoms with Crippen LogP contribution in [-0.2, 0) is 0 Å². The zero-order valence-corrected chi connectivity index (χ0v) is 17.7. The maximum atomic E-state index is 13.0. The molecule has 1 aliphatic heterocycles. The van der Waals surface area contributed by atoms with Crippen LogP contribution in [0.1, 0.15) is 41.0 Å². The van der Waals surface area contributed by atoms with Crippen LogP contribution in [0.5, 0.6) is 17.2 Å². The summed E-state index contributed by atoms with van der Waals surface area (Å²) in [5.74, 6) is 1.28. The molecule has 0 saturated carbocycles. The summed E-state index contributed by atoms with van der Waals surface area (Å²) in [7, 11) is 4.64. The normalized spacial score (nSPS) is 16.4. The molecule has 28 heavy (non-hydrogen) atoms. The first kappa shape index (κ1) is 20.5. The van der Waals surface area contributed by atoms with Gasteiger partial charge >= 0.3 is 0 Å². The Labute approximate surface area is 170 Å². The molecule has 0 aliphatic carbocycles. The zero-order chi connectivity index (χ0) is 20.1. The molecule has 7 heteroatoms. The number of likely N-dealkylation sites (tertiary alicyclic amines) is 1. The summed E-state index contributed by atoms with van der Waals surface area (Å²) in [6.07, 6.45) is 2.48. The van der Waals surface area contributed by atoms with Gasteiger partial charge in [-0.25, -0.2) is 0 Å². The van der Waals surface area contributed by atoms with Crippen LogP contribution in [0.3, 0.4) is 0 Å². The number of benzene rings is 1. The van der Waals surface area contributed by atoms with Crippen LogP contribution in [0.15, 0.2) is 29.6 Å². The van der Waals surface area contributed by atoms with E-state index in [1.54, 1.807) is 49.7 Å². The van der Waals surface area contributed by atoms with Gasteiger partial charge in [0.25, 0.3) is 5.91 Å². The van der Waals surface area contributed by atoms with Crippen LogP contribution in [0.2, 0.25) is 0 Å². The van der Waals surface area contributed by atoms with Crippen molar-refractivity contribution in [3.05, 3.63) is 40.1 Å². The molecular weight excluding hydrogens is 376 g/mol. The lowest BCUT2D eigenvalue weighted by atomic mass is 10.1. The quantitative estimate of drug-likeness (QED) is 0.708. The largest absolute Gasteiger partial charge is 0.493 e. The number of amides is 1. The first-order chi connectivity index (χ1) is 13.6. The van der Waals surface area contributed by atoms with Crippen LogP contribution < -0.4 is 24.4 Å². The highest BCUT2D eigenvalue weighted by atomic mass is 32.1. The average molecular weight is 406 g/mol. The molecule has 1 aromatic carbocycles. The molecule has 1 aromatic heterocycles. The highest BCUT2D eigenvalue weighted by Gasteiger charge is 2.34. The predicted octanol–water partition coefficient (Wildman–Crippen LogP) is 2.31. The molecule has 1 fully saturated rings. The smallest absolute Gasteiger partial charge is 0.251 e. The van der Waals surface area contributed by atoms with Crippen molar-refractivity contribution in [1.29, 1.82) is 0 Å². The van der Waals surface area contributed by atoms with E-state index in [1.807, 2.05) is 0 Å². The molecule has 6 nitrogen and oxygen atoms in total. The number of nitrogens with one attached hydrogen (secondary N) is 2. The Kier molecular flexibility index (Phi) is 6.80. The Morgan fingerprint density at radius 1 is 1.11 bits per heavy atom. The van der Waals surface area contributed by atoms with Crippen molar-refractivity contribution in [3.8, 4) is 17.2 Å². The molecule has 0 spiro atoms. The van der Waals surface area contributed by atoms with E-state index in [0.29, 0.717) is 22.8 Å². The first-order valence-corrected chi connectivity index (χ1v) is 10.5. The molecule has 2 N–H and O–H groups in total. The Morgan fingerprint density at radius 3 is 2.25 bits per heavy atom. The molecule has 1 amide bonds. The topological polar surface area (TPSA) is 61.2 Å². The molecule has 2 heterocycles. The fraction of sp³-hybridized carbons (Fsp3) is 0.476. The van der Waals surface area contributed by atoms with Gasteiger partial charge < -0.3 is 24.4 Å². The molecule has 3 rings (SSSR count). The molecule has 152 valence electrons. The Balaban J connectivity index is 1.82. The Hall–Kier alpha value is -2.25. The van der Waals surface area contributed by atoms with Gasteiger partial charge in [0.15, 0.2) is 11.5 Å². The molecule has 2 aromatic rings. The van der Waals surface area contributed by atoms with E-state index in [4.69, 9.17) is 14.2 Å². The lowest BCUT2D eigenvalue weighted by molar-refractivity contribution is -0.920. The molecule has 1 saturated heterocycles. The summed E-state index contributed by atoms with van der Waals surface area (Å²) < 4.78 is 16.1. The molecule has 0 unspecified atom stereocenters. The summed E-state index contributed by atoms with van der Waals surface area (Å²) >= 11 is 1.76. The fourth-order valence-electron chi connectivity index (χ4n) is 4.00. The number of methoxy groups -OCH3 is 3. The monoisotopic (exact) mass is 405 g/mol. The summed E-state index contributed by atoms with van der Waals surface area (Å²) in [4.78, 5) is 15.9. The number of carbonyl (C=O) groups is 1.